The van der Waals surface area contributed by atoms with Crippen LogP contribution in [-0.4, -0.2) is 65.3 Å². The molecule has 3 rings (SSSR count). The van der Waals surface area contributed by atoms with E-state index in [4.69, 9.17) is 15.3 Å². The number of fused-ring (bicyclic) bond motifs is 1. The SMILES string of the molecule is O=C([O-])C(S)c1cn(Cc2ccccc2)c2ccccc12.OCC[NH+](CCO)CCO. The largest absolute Gasteiger partial charge is 0.549 e. The summed E-state index contributed by atoms with van der Waals surface area (Å²) in [7, 11) is 0. The van der Waals surface area contributed by atoms with Crippen LogP contribution in [0.1, 0.15) is 16.4 Å². The molecule has 0 saturated heterocycles. The molecule has 0 saturated carbocycles. The number of carboxylic acid groups (broad SMARTS) is 1. The third-order valence-electron chi connectivity index (χ3n) is 4.93. The van der Waals surface area contributed by atoms with Gasteiger partial charge in [-0.1, -0.05) is 48.5 Å². The van der Waals surface area contributed by atoms with Gasteiger partial charge in [0, 0.05) is 23.6 Å². The van der Waals surface area contributed by atoms with Crippen LogP contribution in [0.2, 0.25) is 0 Å². The number of hydrogen-bond acceptors (Lipinski definition) is 6. The smallest absolute Gasteiger partial charge is 0.101 e. The van der Waals surface area contributed by atoms with Crippen LogP contribution in [0.15, 0.2) is 60.8 Å². The Morgan fingerprint density at radius 1 is 0.935 bits per heavy atom. The lowest BCUT2D eigenvalue weighted by atomic mass is 10.1. The van der Waals surface area contributed by atoms with E-state index in [9.17, 15) is 9.90 Å². The van der Waals surface area contributed by atoms with Gasteiger partial charge in [0.2, 0.25) is 0 Å². The van der Waals surface area contributed by atoms with Gasteiger partial charge >= 0.3 is 0 Å². The fourth-order valence-electron chi connectivity index (χ4n) is 3.38. The number of quaternary nitrogens is 1. The summed E-state index contributed by atoms with van der Waals surface area (Å²) >= 11 is 4.15. The van der Waals surface area contributed by atoms with Gasteiger partial charge in [0.25, 0.3) is 0 Å². The summed E-state index contributed by atoms with van der Waals surface area (Å²) in [4.78, 5) is 12.1. The van der Waals surface area contributed by atoms with Crippen molar-refractivity contribution in [3.8, 4) is 0 Å². The summed E-state index contributed by atoms with van der Waals surface area (Å²) in [6.45, 7) is 2.80. The molecule has 7 nitrogen and oxygen atoms in total. The van der Waals surface area contributed by atoms with Crippen molar-refractivity contribution in [1.82, 2.24) is 4.57 Å². The van der Waals surface area contributed by atoms with Gasteiger partial charge in [-0.2, -0.15) is 12.6 Å². The molecule has 1 atom stereocenters. The van der Waals surface area contributed by atoms with Crippen LogP contribution in [0.4, 0.5) is 0 Å². The second-order valence-electron chi connectivity index (χ2n) is 7.11. The van der Waals surface area contributed by atoms with E-state index in [1.54, 1.807) is 0 Å². The van der Waals surface area contributed by atoms with Crippen LogP contribution in [0.5, 0.6) is 0 Å². The molecule has 1 unspecified atom stereocenters. The summed E-state index contributed by atoms with van der Waals surface area (Å²) in [5, 5.41) is 36.6. The molecule has 168 valence electrons. The molecule has 0 aliphatic carbocycles. The number of aliphatic hydroxyl groups excluding tert-OH is 3. The minimum absolute atomic E-state index is 0.106. The van der Waals surface area contributed by atoms with Gasteiger partial charge in [0.05, 0.1) is 31.0 Å². The van der Waals surface area contributed by atoms with Gasteiger partial charge in [0.1, 0.15) is 19.6 Å². The molecule has 3 aromatic rings. The third kappa shape index (κ3) is 7.37. The van der Waals surface area contributed by atoms with Gasteiger partial charge < -0.3 is 34.7 Å². The van der Waals surface area contributed by atoms with E-state index in [-0.39, 0.29) is 19.8 Å². The maximum absolute atomic E-state index is 11.1. The van der Waals surface area contributed by atoms with Crippen molar-refractivity contribution in [3.63, 3.8) is 0 Å². The molecule has 8 heteroatoms. The van der Waals surface area contributed by atoms with Crippen molar-refractivity contribution in [2.75, 3.05) is 39.5 Å². The van der Waals surface area contributed by atoms with E-state index in [1.165, 1.54) is 0 Å². The zero-order valence-corrected chi connectivity index (χ0v) is 18.2. The number of hydrogen-bond donors (Lipinski definition) is 5. The fraction of sp³-hybridized carbons (Fsp3) is 0.348. The topological polar surface area (TPSA) is 110 Å². The van der Waals surface area contributed by atoms with Crippen LogP contribution in [0.25, 0.3) is 10.9 Å². The number of aliphatic hydroxyl groups is 3. The summed E-state index contributed by atoms with van der Waals surface area (Å²) in [6.07, 6.45) is 1.85. The first-order chi connectivity index (χ1) is 15.0. The van der Waals surface area contributed by atoms with Crippen molar-refractivity contribution in [1.29, 1.82) is 0 Å². The van der Waals surface area contributed by atoms with Gasteiger partial charge in [-0.05, 0) is 17.2 Å². The van der Waals surface area contributed by atoms with E-state index in [1.807, 2.05) is 65.4 Å². The molecule has 0 aliphatic heterocycles. The number of rotatable bonds is 10. The van der Waals surface area contributed by atoms with E-state index >= 15 is 0 Å². The Morgan fingerprint density at radius 3 is 2.03 bits per heavy atom. The van der Waals surface area contributed by atoms with Gasteiger partial charge in [-0.15, -0.1) is 0 Å². The minimum atomic E-state index is -1.18. The van der Waals surface area contributed by atoms with Crippen molar-refractivity contribution >= 4 is 29.5 Å². The first-order valence-corrected chi connectivity index (χ1v) is 10.7. The standard InChI is InChI=1S/C17H15NO2S.C6H15NO3/c19-17(20)16(21)14-11-18(10-12-6-2-1-3-7-12)15-9-5-4-8-13(14)15;8-4-1-7(2-5-9)3-6-10/h1-9,11,16,21H,10H2,(H,19,20);8-10H,1-6H2. The second kappa shape index (κ2) is 13.1. The van der Waals surface area contributed by atoms with E-state index in [2.05, 4.69) is 12.6 Å². The number of carboxylic acids is 1. The van der Waals surface area contributed by atoms with Crippen molar-refractivity contribution in [3.05, 3.63) is 71.9 Å². The molecule has 1 aromatic heterocycles. The lowest BCUT2D eigenvalue weighted by molar-refractivity contribution is -0.901. The monoisotopic (exact) mass is 446 g/mol. The van der Waals surface area contributed by atoms with Crippen molar-refractivity contribution < 1.29 is 30.1 Å². The van der Waals surface area contributed by atoms with Crippen LogP contribution in [0, 0.1) is 0 Å². The lowest BCUT2D eigenvalue weighted by Gasteiger charge is -2.15. The predicted octanol–water partition coefficient (Wildman–Crippen LogP) is -0.741. The van der Waals surface area contributed by atoms with Gasteiger partial charge in [-0.3, -0.25) is 0 Å². The maximum atomic E-state index is 11.1. The fourth-order valence-corrected chi connectivity index (χ4v) is 3.59. The summed E-state index contributed by atoms with van der Waals surface area (Å²) in [6, 6.07) is 17.8. The van der Waals surface area contributed by atoms with Gasteiger partial charge in [-0.25, -0.2) is 0 Å². The molecular weight excluding hydrogens is 416 g/mol. The Balaban J connectivity index is 0.000000291. The number of para-hydroxylation sites is 1. The number of aromatic nitrogens is 1. The highest BCUT2D eigenvalue weighted by Gasteiger charge is 2.15. The first kappa shape index (κ1) is 24.9. The Hall–Kier alpha value is -2.36. The van der Waals surface area contributed by atoms with Crippen LogP contribution in [-0.2, 0) is 11.3 Å². The molecule has 0 radical (unpaired) electrons. The Bertz CT molecular complexity index is 918. The number of carbonyl (C=O) groups excluding carboxylic acids is 1. The van der Waals surface area contributed by atoms with Crippen LogP contribution >= 0.6 is 12.6 Å². The molecule has 0 fully saturated rings. The average Bonchev–Trinajstić information content (AvgIpc) is 3.13. The zero-order chi connectivity index (χ0) is 22.6. The van der Waals surface area contributed by atoms with E-state index in [0.717, 1.165) is 21.4 Å². The molecule has 4 N–H and O–H groups in total. The lowest BCUT2D eigenvalue weighted by Crippen LogP contribution is -3.13. The predicted molar refractivity (Wildman–Crippen MR) is 121 cm³/mol. The number of thiol groups is 1. The number of nitrogens with one attached hydrogen (secondary N) is 1. The normalized spacial score (nSPS) is 11.9. The van der Waals surface area contributed by atoms with Crippen molar-refractivity contribution in [2.24, 2.45) is 0 Å². The summed E-state index contributed by atoms with van der Waals surface area (Å²) in [5.41, 5.74) is 2.83. The highest BCUT2D eigenvalue weighted by molar-refractivity contribution is 7.81. The van der Waals surface area contributed by atoms with E-state index in [0.29, 0.717) is 31.7 Å². The molecular formula is C23H30N2O5S. The molecule has 0 aliphatic rings. The number of carbonyl (C=O) groups is 1. The van der Waals surface area contributed by atoms with Gasteiger partial charge in [0.15, 0.2) is 0 Å². The summed E-state index contributed by atoms with van der Waals surface area (Å²) in [5.74, 6) is -1.18. The molecule has 0 amide bonds. The average molecular weight is 447 g/mol. The molecule has 2 aromatic carbocycles. The molecule has 0 bridgehead atoms. The summed E-state index contributed by atoms with van der Waals surface area (Å²) < 4.78 is 2.05. The van der Waals surface area contributed by atoms with Crippen LogP contribution < -0.4 is 10.0 Å². The minimum Gasteiger partial charge on any atom is -0.549 e. The Kier molecular flexibility index (Phi) is 10.6. The molecule has 31 heavy (non-hydrogen) atoms. The highest BCUT2D eigenvalue weighted by Crippen LogP contribution is 2.30. The van der Waals surface area contributed by atoms with E-state index < -0.39 is 11.2 Å². The maximum Gasteiger partial charge on any atom is 0.101 e. The first-order valence-electron chi connectivity index (χ1n) is 10.2. The number of nitrogens with zero attached hydrogens (tertiary/aromatic N) is 1. The zero-order valence-electron chi connectivity index (χ0n) is 17.4. The third-order valence-corrected chi connectivity index (χ3v) is 5.42. The Labute approximate surface area is 187 Å². The highest BCUT2D eigenvalue weighted by atomic mass is 32.1. The second-order valence-corrected chi connectivity index (χ2v) is 7.62. The van der Waals surface area contributed by atoms with Crippen LogP contribution in [0.3, 0.4) is 0 Å². The van der Waals surface area contributed by atoms with Crippen molar-refractivity contribution in [2.45, 2.75) is 11.8 Å². The number of benzene rings is 2. The molecule has 1 heterocycles. The quantitative estimate of drug-likeness (QED) is 0.264. The Morgan fingerprint density at radius 2 is 1.48 bits per heavy atom. The number of aliphatic carboxylic acids is 1. The molecule has 0 spiro atoms.